The van der Waals surface area contributed by atoms with Gasteiger partial charge in [-0.1, -0.05) is 20.8 Å². The molecule has 0 saturated heterocycles. The number of hydrazine groups is 1. The Bertz CT molecular complexity index is 343. The lowest BCUT2D eigenvalue weighted by atomic mass is 9.84. The standard InChI is InChI=1S/C12H24N4O/c1-6-16-8-7-14-11(16)9(15-13)10(17-5)12(2,3)4/h7-10,15H,6,13H2,1-5H3. The summed E-state index contributed by atoms with van der Waals surface area (Å²) in [4.78, 5) is 4.38. The second-order valence-electron chi connectivity index (χ2n) is 5.24. The fourth-order valence-electron chi connectivity index (χ4n) is 2.15. The van der Waals surface area contributed by atoms with Crippen LogP contribution in [0.25, 0.3) is 0 Å². The van der Waals surface area contributed by atoms with Crippen molar-refractivity contribution in [1.29, 1.82) is 0 Å². The normalized spacial score (nSPS) is 15.9. The number of imidazole rings is 1. The van der Waals surface area contributed by atoms with E-state index in [9.17, 15) is 0 Å². The number of nitrogens with two attached hydrogens (primary N) is 1. The van der Waals surface area contributed by atoms with Crippen LogP contribution in [-0.2, 0) is 11.3 Å². The summed E-state index contributed by atoms with van der Waals surface area (Å²) in [5.74, 6) is 6.59. The summed E-state index contributed by atoms with van der Waals surface area (Å²) in [6.07, 6.45) is 3.70. The number of rotatable bonds is 5. The van der Waals surface area contributed by atoms with Gasteiger partial charge < -0.3 is 9.30 Å². The maximum atomic E-state index is 5.68. The number of nitrogens with zero attached hydrogens (tertiary/aromatic N) is 2. The van der Waals surface area contributed by atoms with Gasteiger partial charge in [-0.15, -0.1) is 0 Å². The molecule has 1 heterocycles. The van der Waals surface area contributed by atoms with Gasteiger partial charge in [0.1, 0.15) is 11.9 Å². The molecule has 0 bridgehead atoms. The molecule has 2 unspecified atom stereocenters. The lowest BCUT2D eigenvalue weighted by molar-refractivity contribution is -0.0149. The predicted molar refractivity (Wildman–Crippen MR) is 68.2 cm³/mol. The quantitative estimate of drug-likeness (QED) is 0.604. The number of ether oxygens (including phenoxy) is 1. The van der Waals surface area contributed by atoms with E-state index < -0.39 is 0 Å². The van der Waals surface area contributed by atoms with E-state index in [1.54, 1.807) is 13.3 Å². The van der Waals surface area contributed by atoms with Crippen molar-refractivity contribution in [3.05, 3.63) is 18.2 Å². The van der Waals surface area contributed by atoms with Gasteiger partial charge in [0.05, 0.1) is 6.10 Å². The van der Waals surface area contributed by atoms with Gasteiger partial charge in [0.25, 0.3) is 0 Å². The van der Waals surface area contributed by atoms with E-state index in [1.165, 1.54) is 0 Å². The van der Waals surface area contributed by atoms with Crippen LogP contribution in [0, 0.1) is 5.41 Å². The number of nitrogens with one attached hydrogen (secondary N) is 1. The first kappa shape index (κ1) is 14.2. The molecule has 0 aliphatic heterocycles. The Morgan fingerprint density at radius 1 is 1.53 bits per heavy atom. The highest BCUT2D eigenvalue weighted by molar-refractivity contribution is 5.04. The first-order valence-electron chi connectivity index (χ1n) is 5.95. The molecule has 0 aliphatic carbocycles. The molecule has 2 atom stereocenters. The summed E-state index contributed by atoms with van der Waals surface area (Å²) in [6.45, 7) is 9.34. The Hall–Kier alpha value is -0.910. The minimum absolute atomic E-state index is 0.0176. The van der Waals surface area contributed by atoms with E-state index in [4.69, 9.17) is 10.6 Å². The van der Waals surface area contributed by atoms with Gasteiger partial charge in [0.2, 0.25) is 0 Å². The van der Waals surface area contributed by atoms with E-state index in [-0.39, 0.29) is 17.6 Å². The predicted octanol–water partition coefficient (Wildman–Crippen LogP) is 1.47. The number of methoxy groups -OCH3 is 1. The molecule has 17 heavy (non-hydrogen) atoms. The average molecular weight is 240 g/mol. The molecule has 0 radical (unpaired) electrons. The smallest absolute Gasteiger partial charge is 0.129 e. The van der Waals surface area contributed by atoms with Gasteiger partial charge in [-0.05, 0) is 12.3 Å². The molecule has 0 aromatic carbocycles. The van der Waals surface area contributed by atoms with Crippen molar-refractivity contribution >= 4 is 0 Å². The first-order valence-corrected chi connectivity index (χ1v) is 5.95. The van der Waals surface area contributed by atoms with Gasteiger partial charge >= 0.3 is 0 Å². The van der Waals surface area contributed by atoms with Crippen molar-refractivity contribution in [3.8, 4) is 0 Å². The van der Waals surface area contributed by atoms with Crippen molar-refractivity contribution < 1.29 is 4.74 Å². The lowest BCUT2D eigenvalue weighted by Crippen LogP contribution is -2.45. The van der Waals surface area contributed by atoms with Crippen LogP contribution in [0.5, 0.6) is 0 Å². The molecule has 1 rings (SSSR count). The molecular weight excluding hydrogens is 216 g/mol. The fourth-order valence-corrected chi connectivity index (χ4v) is 2.15. The topological polar surface area (TPSA) is 65.1 Å². The van der Waals surface area contributed by atoms with E-state index in [0.717, 1.165) is 12.4 Å². The van der Waals surface area contributed by atoms with Gasteiger partial charge in [0, 0.05) is 26.0 Å². The Labute approximate surface area is 103 Å². The third-order valence-corrected chi connectivity index (χ3v) is 2.96. The zero-order valence-electron chi connectivity index (χ0n) is 11.4. The van der Waals surface area contributed by atoms with Gasteiger partial charge in [-0.2, -0.15) is 0 Å². The summed E-state index contributed by atoms with van der Waals surface area (Å²) in [7, 11) is 1.71. The van der Waals surface area contributed by atoms with Gasteiger partial charge in [-0.25, -0.2) is 10.4 Å². The fraction of sp³-hybridized carbons (Fsp3) is 0.750. The van der Waals surface area contributed by atoms with Crippen LogP contribution in [0.3, 0.4) is 0 Å². The van der Waals surface area contributed by atoms with Crippen molar-refractivity contribution in [2.24, 2.45) is 11.3 Å². The third-order valence-electron chi connectivity index (χ3n) is 2.96. The molecule has 5 nitrogen and oxygen atoms in total. The summed E-state index contributed by atoms with van der Waals surface area (Å²) in [6, 6.07) is -0.116. The minimum Gasteiger partial charge on any atom is -0.379 e. The van der Waals surface area contributed by atoms with Crippen molar-refractivity contribution in [2.45, 2.75) is 46.4 Å². The third kappa shape index (κ3) is 3.06. The highest BCUT2D eigenvalue weighted by Gasteiger charge is 2.35. The SMILES string of the molecule is CCn1ccnc1C(NN)C(OC)C(C)(C)C. The highest BCUT2D eigenvalue weighted by atomic mass is 16.5. The van der Waals surface area contributed by atoms with Crippen molar-refractivity contribution in [2.75, 3.05) is 7.11 Å². The second-order valence-corrected chi connectivity index (χ2v) is 5.24. The zero-order valence-corrected chi connectivity index (χ0v) is 11.4. The van der Waals surface area contributed by atoms with Crippen LogP contribution >= 0.6 is 0 Å². The molecule has 3 N–H and O–H groups in total. The van der Waals surface area contributed by atoms with Crippen LogP contribution in [0.1, 0.15) is 39.6 Å². The minimum atomic E-state index is -0.116. The molecule has 0 aliphatic rings. The molecule has 5 heteroatoms. The van der Waals surface area contributed by atoms with Crippen molar-refractivity contribution in [1.82, 2.24) is 15.0 Å². The number of hydrogen-bond acceptors (Lipinski definition) is 4. The number of aryl methyl sites for hydroxylation is 1. The Balaban J connectivity index is 3.05. The van der Waals surface area contributed by atoms with Crippen molar-refractivity contribution in [3.63, 3.8) is 0 Å². The van der Waals surface area contributed by atoms with E-state index in [1.807, 2.05) is 6.20 Å². The Kier molecular flexibility index (Phi) is 4.68. The molecular formula is C12H24N4O. The summed E-state index contributed by atoms with van der Waals surface area (Å²) in [5.41, 5.74) is 2.81. The first-order chi connectivity index (χ1) is 7.95. The molecule has 98 valence electrons. The maximum absolute atomic E-state index is 5.68. The lowest BCUT2D eigenvalue weighted by Gasteiger charge is -2.35. The number of hydrogen-bond donors (Lipinski definition) is 2. The molecule has 0 spiro atoms. The molecule has 1 aromatic heterocycles. The maximum Gasteiger partial charge on any atom is 0.129 e. The van der Waals surface area contributed by atoms with Gasteiger partial charge in [0.15, 0.2) is 0 Å². The summed E-state index contributed by atoms with van der Waals surface area (Å²) < 4.78 is 7.67. The van der Waals surface area contributed by atoms with Crippen LogP contribution in [-0.4, -0.2) is 22.8 Å². The Morgan fingerprint density at radius 2 is 2.18 bits per heavy atom. The molecule has 0 fully saturated rings. The highest BCUT2D eigenvalue weighted by Crippen LogP contribution is 2.31. The summed E-state index contributed by atoms with van der Waals surface area (Å²) in [5, 5.41) is 0. The van der Waals surface area contributed by atoms with Crippen LogP contribution < -0.4 is 11.3 Å². The van der Waals surface area contributed by atoms with Gasteiger partial charge in [-0.3, -0.25) is 5.84 Å². The van der Waals surface area contributed by atoms with E-state index >= 15 is 0 Å². The average Bonchev–Trinajstić information content (AvgIpc) is 2.71. The molecule has 0 amide bonds. The van der Waals surface area contributed by atoms with Crippen LogP contribution in [0.15, 0.2) is 12.4 Å². The van der Waals surface area contributed by atoms with Crippen LogP contribution in [0.4, 0.5) is 0 Å². The monoisotopic (exact) mass is 240 g/mol. The largest absolute Gasteiger partial charge is 0.379 e. The van der Waals surface area contributed by atoms with E-state index in [0.29, 0.717) is 0 Å². The van der Waals surface area contributed by atoms with E-state index in [2.05, 4.69) is 42.7 Å². The summed E-state index contributed by atoms with van der Waals surface area (Å²) >= 11 is 0. The molecule has 1 aromatic rings. The number of aromatic nitrogens is 2. The molecule has 0 saturated carbocycles. The Morgan fingerprint density at radius 3 is 2.59 bits per heavy atom. The zero-order chi connectivity index (χ0) is 13.1. The second kappa shape index (κ2) is 5.62. The van der Waals surface area contributed by atoms with Crippen LogP contribution in [0.2, 0.25) is 0 Å².